The number of hydrogen-bond acceptors (Lipinski definition) is 2. The van der Waals surface area contributed by atoms with E-state index < -0.39 is 17.5 Å². The molecule has 3 heterocycles. The van der Waals surface area contributed by atoms with E-state index in [1.807, 2.05) is 40.9 Å². The van der Waals surface area contributed by atoms with Gasteiger partial charge in [-0.25, -0.2) is 13.5 Å². The Labute approximate surface area is 141 Å². The minimum atomic E-state index is -0.763. The molecule has 7 heteroatoms. The monoisotopic (exact) mass is 338 g/mol. The summed E-state index contributed by atoms with van der Waals surface area (Å²) >= 11 is 0. The Morgan fingerprint density at radius 3 is 2.56 bits per heavy atom. The molecule has 25 heavy (non-hydrogen) atoms. The summed E-state index contributed by atoms with van der Waals surface area (Å²) in [6.07, 6.45) is 3.54. The second kappa shape index (κ2) is 5.86. The van der Waals surface area contributed by atoms with Crippen LogP contribution >= 0.6 is 0 Å². The summed E-state index contributed by atoms with van der Waals surface area (Å²) in [5.74, 6) is -1.31. The average molecular weight is 338 g/mol. The fourth-order valence-electron chi connectivity index (χ4n) is 2.62. The van der Waals surface area contributed by atoms with Crippen molar-refractivity contribution in [3.63, 3.8) is 0 Å². The third-order valence-electron chi connectivity index (χ3n) is 3.72. The molecule has 0 aliphatic rings. The van der Waals surface area contributed by atoms with Gasteiger partial charge in [-0.1, -0.05) is 6.07 Å². The van der Waals surface area contributed by atoms with Crippen LogP contribution in [0.25, 0.3) is 11.3 Å². The van der Waals surface area contributed by atoms with E-state index in [4.69, 9.17) is 0 Å². The largest absolute Gasteiger partial charge is 0.320 e. The van der Waals surface area contributed by atoms with Crippen LogP contribution in [0.4, 0.5) is 14.5 Å². The first-order chi connectivity index (χ1) is 12.1. The van der Waals surface area contributed by atoms with Crippen LogP contribution in [0.5, 0.6) is 0 Å². The number of halogens is 2. The first kappa shape index (κ1) is 15.1. The fourth-order valence-corrected chi connectivity index (χ4v) is 2.62. The van der Waals surface area contributed by atoms with Gasteiger partial charge in [-0.15, -0.1) is 0 Å². The summed E-state index contributed by atoms with van der Waals surface area (Å²) in [5.41, 5.74) is 1.16. The zero-order valence-corrected chi connectivity index (χ0v) is 12.9. The maximum absolute atomic E-state index is 13.2. The predicted octanol–water partition coefficient (Wildman–Crippen LogP) is 3.66. The van der Waals surface area contributed by atoms with Crippen LogP contribution in [-0.4, -0.2) is 20.1 Å². The van der Waals surface area contributed by atoms with Gasteiger partial charge >= 0.3 is 0 Å². The number of nitrogens with one attached hydrogen (secondary N) is 1. The molecule has 1 aromatic carbocycles. The maximum Gasteiger partial charge on any atom is 0.276 e. The highest BCUT2D eigenvalue weighted by molar-refractivity contribution is 6.02. The SMILES string of the molecule is O=C(Nc1cc(F)cc(F)c1)c1ccn(-c2ccc3ccccn23)n1. The van der Waals surface area contributed by atoms with Crippen LogP contribution in [-0.2, 0) is 0 Å². The number of rotatable bonds is 3. The van der Waals surface area contributed by atoms with Gasteiger partial charge in [0.2, 0.25) is 0 Å². The molecule has 0 unspecified atom stereocenters. The highest BCUT2D eigenvalue weighted by Crippen LogP contribution is 2.16. The van der Waals surface area contributed by atoms with Gasteiger partial charge in [0.1, 0.15) is 17.5 Å². The second-order valence-electron chi connectivity index (χ2n) is 5.44. The molecule has 0 saturated heterocycles. The molecule has 1 N–H and O–H groups in total. The van der Waals surface area contributed by atoms with Crippen LogP contribution < -0.4 is 5.32 Å². The fraction of sp³-hybridized carbons (Fsp3) is 0. The number of benzene rings is 1. The summed E-state index contributed by atoms with van der Waals surface area (Å²) in [7, 11) is 0. The Balaban J connectivity index is 1.61. The highest BCUT2D eigenvalue weighted by Gasteiger charge is 2.13. The molecule has 4 aromatic rings. The number of aromatic nitrogens is 3. The molecule has 1 amide bonds. The van der Waals surface area contributed by atoms with Gasteiger partial charge in [-0.2, -0.15) is 5.10 Å². The lowest BCUT2D eigenvalue weighted by molar-refractivity contribution is 0.102. The Morgan fingerprint density at radius 1 is 0.960 bits per heavy atom. The normalized spacial score (nSPS) is 11.0. The van der Waals surface area contributed by atoms with Gasteiger partial charge in [0, 0.05) is 29.7 Å². The van der Waals surface area contributed by atoms with Gasteiger partial charge in [-0.05, 0) is 42.5 Å². The van der Waals surface area contributed by atoms with Crippen LogP contribution in [0, 0.1) is 11.6 Å². The molecule has 4 rings (SSSR count). The number of pyridine rings is 1. The molecule has 0 aliphatic carbocycles. The molecule has 0 fully saturated rings. The smallest absolute Gasteiger partial charge is 0.276 e. The van der Waals surface area contributed by atoms with E-state index in [1.54, 1.807) is 10.9 Å². The molecular weight excluding hydrogens is 326 g/mol. The van der Waals surface area contributed by atoms with E-state index in [9.17, 15) is 13.6 Å². The highest BCUT2D eigenvalue weighted by atomic mass is 19.1. The van der Waals surface area contributed by atoms with Gasteiger partial charge in [0.05, 0.1) is 0 Å². The first-order valence-electron chi connectivity index (χ1n) is 7.50. The van der Waals surface area contributed by atoms with E-state index in [0.29, 0.717) is 0 Å². The molecule has 3 aromatic heterocycles. The van der Waals surface area contributed by atoms with Crippen molar-refractivity contribution in [1.29, 1.82) is 0 Å². The summed E-state index contributed by atoms with van der Waals surface area (Å²) in [4.78, 5) is 12.2. The number of carbonyl (C=O) groups is 1. The van der Waals surface area contributed by atoms with Gasteiger partial charge in [-0.3, -0.25) is 4.79 Å². The molecule has 0 saturated carbocycles. The van der Waals surface area contributed by atoms with Gasteiger partial charge in [0.15, 0.2) is 5.69 Å². The van der Waals surface area contributed by atoms with Crippen molar-refractivity contribution in [2.75, 3.05) is 5.32 Å². The van der Waals surface area contributed by atoms with Crippen LogP contribution in [0.3, 0.4) is 0 Å². The molecule has 124 valence electrons. The lowest BCUT2D eigenvalue weighted by atomic mass is 10.3. The summed E-state index contributed by atoms with van der Waals surface area (Å²) < 4.78 is 29.9. The lowest BCUT2D eigenvalue weighted by Gasteiger charge is -2.04. The number of amides is 1. The standard InChI is InChI=1S/C18H12F2N4O/c19-12-9-13(20)11-14(10-12)21-18(25)16-6-8-24(22-16)17-5-4-15-3-1-2-7-23(15)17/h1-11H,(H,21,25). The van der Waals surface area contributed by atoms with E-state index in [0.717, 1.165) is 29.5 Å². The number of hydrogen-bond donors (Lipinski definition) is 1. The number of nitrogens with zero attached hydrogens (tertiary/aromatic N) is 3. The van der Waals surface area contributed by atoms with Gasteiger partial charge in [0.25, 0.3) is 5.91 Å². The lowest BCUT2D eigenvalue weighted by Crippen LogP contribution is -2.13. The number of anilines is 1. The van der Waals surface area contributed by atoms with E-state index in [1.165, 1.54) is 6.07 Å². The topological polar surface area (TPSA) is 51.3 Å². The van der Waals surface area contributed by atoms with E-state index >= 15 is 0 Å². The number of fused-ring (bicyclic) bond motifs is 1. The van der Waals surface area contributed by atoms with Crippen molar-refractivity contribution in [2.24, 2.45) is 0 Å². The van der Waals surface area contributed by atoms with Crippen molar-refractivity contribution >= 4 is 17.1 Å². The molecular formula is C18H12F2N4O. The van der Waals surface area contributed by atoms with Crippen LogP contribution in [0.1, 0.15) is 10.5 Å². The number of carbonyl (C=O) groups excluding carboxylic acids is 1. The minimum Gasteiger partial charge on any atom is -0.320 e. The summed E-state index contributed by atoms with van der Waals surface area (Å²) in [6.45, 7) is 0. The first-order valence-corrected chi connectivity index (χ1v) is 7.50. The molecule has 0 spiro atoms. The predicted molar refractivity (Wildman–Crippen MR) is 88.8 cm³/mol. The van der Waals surface area contributed by atoms with Crippen LogP contribution in [0.2, 0.25) is 0 Å². The van der Waals surface area contributed by atoms with Crippen molar-refractivity contribution in [1.82, 2.24) is 14.2 Å². The quantitative estimate of drug-likeness (QED) is 0.620. The molecule has 0 radical (unpaired) electrons. The maximum atomic E-state index is 13.2. The average Bonchev–Trinajstić information content (AvgIpc) is 3.20. The second-order valence-corrected chi connectivity index (χ2v) is 5.44. The summed E-state index contributed by atoms with van der Waals surface area (Å²) in [6, 6.07) is 14.0. The Morgan fingerprint density at radius 2 is 1.76 bits per heavy atom. The van der Waals surface area contributed by atoms with E-state index in [-0.39, 0.29) is 11.4 Å². The van der Waals surface area contributed by atoms with Crippen LogP contribution in [0.15, 0.2) is 67.0 Å². The molecule has 0 aliphatic heterocycles. The zero-order chi connectivity index (χ0) is 17.4. The van der Waals surface area contributed by atoms with Gasteiger partial charge < -0.3 is 9.72 Å². The Hall–Kier alpha value is -3.48. The molecule has 5 nitrogen and oxygen atoms in total. The van der Waals surface area contributed by atoms with Crippen molar-refractivity contribution in [3.8, 4) is 5.82 Å². The Kier molecular flexibility index (Phi) is 3.53. The van der Waals surface area contributed by atoms with Crippen molar-refractivity contribution < 1.29 is 13.6 Å². The zero-order valence-electron chi connectivity index (χ0n) is 12.9. The molecule has 0 bridgehead atoms. The van der Waals surface area contributed by atoms with Crippen molar-refractivity contribution in [3.05, 3.63) is 84.3 Å². The van der Waals surface area contributed by atoms with Crippen molar-refractivity contribution in [2.45, 2.75) is 0 Å². The third kappa shape index (κ3) is 2.87. The summed E-state index contributed by atoms with van der Waals surface area (Å²) in [5, 5.41) is 6.67. The molecule has 0 atom stereocenters. The minimum absolute atomic E-state index is 0.0326. The third-order valence-corrected chi connectivity index (χ3v) is 3.72. The Bertz CT molecular complexity index is 1060. The van der Waals surface area contributed by atoms with E-state index in [2.05, 4.69) is 10.4 Å².